The van der Waals surface area contributed by atoms with Gasteiger partial charge in [0.1, 0.15) is 0 Å². The second-order valence-electron chi connectivity index (χ2n) is 3.54. The van der Waals surface area contributed by atoms with Gasteiger partial charge in [-0.2, -0.15) is 0 Å². The van der Waals surface area contributed by atoms with Crippen molar-refractivity contribution in [1.29, 1.82) is 0 Å². The van der Waals surface area contributed by atoms with Gasteiger partial charge in [-0.15, -0.1) is 0 Å². The van der Waals surface area contributed by atoms with Gasteiger partial charge in [-0.25, -0.2) is 0 Å². The van der Waals surface area contributed by atoms with Gasteiger partial charge in [0.25, 0.3) is 0 Å². The smallest absolute Gasteiger partial charge is 0.0410 e. The molecule has 0 aromatic carbocycles. The van der Waals surface area contributed by atoms with Gasteiger partial charge in [0.2, 0.25) is 0 Å². The molecule has 3 heteroatoms. The number of hydrogen-bond acceptors (Lipinski definition) is 2. The summed E-state index contributed by atoms with van der Waals surface area (Å²) in [6.07, 6.45) is 5.87. The van der Waals surface area contributed by atoms with E-state index in [0.29, 0.717) is 5.92 Å². The zero-order valence-corrected chi connectivity index (χ0v) is 10.3. The third-order valence-electron chi connectivity index (χ3n) is 2.67. The van der Waals surface area contributed by atoms with Crippen molar-refractivity contribution in [2.45, 2.75) is 32.7 Å². The summed E-state index contributed by atoms with van der Waals surface area (Å²) in [7, 11) is 0. The van der Waals surface area contributed by atoms with E-state index in [-0.39, 0.29) is 6.04 Å². The van der Waals surface area contributed by atoms with Crippen molar-refractivity contribution >= 4 is 15.9 Å². The largest absolute Gasteiger partial charge is 0.324 e. The highest BCUT2D eigenvalue weighted by Crippen LogP contribution is 2.25. The van der Waals surface area contributed by atoms with Crippen LogP contribution in [0.3, 0.4) is 0 Å². The summed E-state index contributed by atoms with van der Waals surface area (Å²) in [5, 5.41) is 0. The van der Waals surface area contributed by atoms with Crippen molar-refractivity contribution in [2.24, 2.45) is 11.7 Å². The van der Waals surface area contributed by atoms with E-state index in [1.54, 1.807) is 6.20 Å². The predicted octanol–water partition coefficient (Wildman–Crippen LogP) is 3.28. The molecular weight excluding hydrogens is 240 g/mol. The van der Waals surface area contributed by atoms with Crippen LogP contribution in [-0.4, -0.2) is 4.98 Å². The summed E-state index contributed by atoms with van der Waals surface area (Å²) in [5.74, 6) is 0.547. The van der Waals surface area contributed by atoms with Crippen LogP contribution >= 0.6 is 15.9 Å². The lowest BCUT2D eigenvalue weighted by Gasteiger charge is -2.21. The third kappa shape index (κ3) is 2.79. The van der Waals surface area contributed by atoms with Crippen LogP contribution in [0.1, 0.15) is 38.3 Å². The molecule has 1 rings (SSSR count). The van der Waals surface area contributed by atoms with Crippen molar-refractivity contribution in [3.8, 4) is 0 Å². The Morgan fingerprint density at radius 2 is 2.00 bits per heavy atom. The molecule has 0 spiro atoms. The van der Waals surface area contributed by atoms with Crippen molar-refractivity contribution in [3.63, 3.8) is 0 Å². The van der Waals surface area contributed by atoms with Gasteiger partial charge >= 0.3 is 0 Å². The van der Waals surface area contributed by atoms with E-state index in [0.717, 1.165) is 22.9 Å². The summed E-state index contributed by atoms with van der Waals surface area (Å²) in [4.78, 5) is 4.13. The lowest BCUT2D eigenvalue weighted by Crippen LogP contribution is -2.20. The molecule has 1 heterocycles. The fraction of sp³-hybridized carbons (Fsp3) is 0.545. The number of rotatable bonds is 4. The van der Waals surface area contributed by atoms with Crippen LogP contribution in [0, 0.1) is 5.92 Å². The van der Waals surface area contributed by atoms with Crippen LogP contribution in [0.2, 0.25) is 0 Å². The maximum Gasteiger partial charge on any atom is 0.0410 e. The molecule has 1 aromatic rings. The SMILES string of the molecule is CCC(CC)C(N)c1cncc(Br)c1. The molecule has 1 unspecified atom stereocenters. The zero-order valence-electron chi connectivity index (χ0n) is 8.70. The summed E-state index contributed by atoms with van der Waals surface area (Å²) < 4.78 is 0.997. The molecule has 1 aromatic heterocycles. The standard InChI is InChI=1S/C11H17BrN2/c1-3-8(4-2)11(13)9-5-10(12)7-14-6-9/h5-8,11H,3-4,13H2,1-2H3. The minimum absolute atomic E-state index is 0.106. The highest BCUT2D eigenvalue weighted by molar-refractivity contribution is 9.10. The quantitative estimate of drug-likeness (QED) is 0.898. The fourth-order valence-corrected chi connectivity index (χ4v) is 2.06. The average molecular weight is 257 g/mol. The van der Waals surface area contributed by atoms with Crippen LogP contribution in [0.4, 0.5) is 0 Å². The molecule has 14 heavy (non-hydrogen) atoms. The number of pyridine rings is 1. The zero-order chi connectivity index (χ0) is 10.6. The number of nitrogens with zero attached hydrogens (tertiary/aromatic N) is 1. The third-order valence-corrected chi connectivity index (χ3v) is 3.10. The summed E-state index contributed by atoms with van der Waals surface area (Å²) >= 11 is 3.41. The van der Waals surface area contributed by atoms with Crippen molar-refractivity contribution in [1.82, 2.24) is 4.98 Å². The Balaban J connectivity index is 2.82. The Labute approximate surface area is 94.0 Å². The minimum Gasteiger partial charge on any atom is -0.324 e. The summed E-state index contributed by atoms with van der Waals surface area (Å²) in [6, 6.07) is 2.16. The first kappa shape index (κ1) is 11.7. The maximum atomic E-state index is 6.17. The summed E-state index contributed by atoms with van der Waals surface area (Å²) in [6.45, 7) is 4.36. The van der Waals surface area contributed by atoms with Crippen molar-refractivity contribution < 1.29 is 0 Å². The number of halogens is 1. The van der Waals surface area contributed by atoms with Crippen LogP contribution in [0.15, 0.2) is 22.9 Å². The molecule has 0 amide bonds. The van der Waals surface area contributed by atoms with Crippen LogP contribution in [0.25, 0.3) is 0 Å². The number of hydrogen-bond donors (Lipinski definition) is 1. The Bertz CT molecular complexity index is 284. The monoisotopic (exact) mass is 256 g/mol. The normalized spacial score (nSPS) is 13.2. The lowest BCUT2D eigenvalue weighted by molar-refractivity contribution is 0.404. The van der Waals surface area contributed by atoms with Gasteiger partial charge < -0.3 is 5.73 Å². The highest BCUT2D eigenvalue weighted by Gasteiger charge is 2.16. The molecule has 2 N–H and O–H groups in total. The minimum atomic E-state index is 0.106. The van der Waals surface area contributed by atoms with Crippen LogP contribution < -0.4 is 5.73 Å². The van der Waals surface area contributed by atoms with E-state index in [1.165, 1.54) is 0 Å². The van der Waals surface area contributed by atoms with E-state index < -0.39 is 0 Å². The van der Waals surface area contributed by atoms with Gasteiger partial charge in [-0.1, -0.05) is 26.7 Å². The van der Waals surface area contributed by atoms with E-state index in [4.69, 9.17) is 5.73 Å². The van der Waals surface area contributed by atoms with E-state index in [1.807, 2.05) is 6.20 Å². The van der Waals surface area contributed by atoms with Crippen molar-refractivity contribution in [3.05, 3.63) is 28.5 Å². The Hall–Kier alpha value is -0.410. The fourth-order valence-electron chi connectivity index (χ4n) is 1.68. The van der Waals surface area contributed by atoms with Gasteiger partial charge in [-0.05, 0) is 33.5 Å². The van der Waals surface area contributed by atoms with Crippen molar-refractivity contribution in [2.75, 3.05) is 0 Å². The second-order valence-corrected chi connectivity index (χ2v) is 4.45. The molecule has 78 valence electrons. The summed E-state index contributed by atoms with van der Waals surface area (Å²) in [5.41, 5.74) is 7.29. The number of nitrogens with two attached hydrogens (primary N) is 1. The molecule has 0 aliphatic heterocycles. The Morgan fingerprint density at radius 1 is 1.36 bits per heavy atom. The highest BCUT2D eigenvalue weighted by atomic mass is 79.9. The van der Waals surface area contributed by atoms with E-state index in [2.05, 4.69) is 40.8 Å². The van der Waals surface area contributed by atoms with E-state index in [9.17, 15) is 0 Å². The Morgan fingerprint density at radius 3 is 2.50 bits per heavy atom. The second kappa shape index (κ2) is 5.47. The molecule has 0 radical (unpaired) electrons. The van der Waals surface area contributed by atoms with Gasteiger partial charge in [-0.3, -0.25) is 4.98 Å². The maximum absolute atomic E-state index is 6.17. The van der Waals surface area contributed by atoms with Crippen LogP contribution in [-0.2, 0) is 0 Å². The van der Waals surface area contributed by atoms with Crippen LogP contribution in [0.5, 0.6) is 0 Å². The predicted molar refractivity (Wildman–Crippen MR) is 62.9 cm³/mol. The molecule has 1 atom stereocenters. The first-order valence-corrected chi connectivity index (χ1v) is 5.84. The number of aromatic nitrogens is 1. The average Bonchev–Trinajstić information content (AvgIpc) is 2.19. The molecule has 0 saturated carbocycles. The first-order valence-electron chi connectivity index (χ1n) is 5.05. The molecular formula is C11H17BrN2. The van der Waals surface area contributed by atoms with E-state index >= 15 is 0 Å². The lowest BCUT2D eigenvalue weighted by atomic mass is 9.90. The Kier molecular flexibility index (Phi) is 4.55. The van der Waals surface area contributed by atoms with Gasteiger partial charge in [0.15, 0.2) is 0 Å². The molecule has 0 aliphatic rings. The molecule has 0 aliphatic carbocycles. The molecule has 0 bridgehead atoms. The first-order chi connectivity index (χ1) is 6.69. The molecule has 0 fully saturated rings. The van der Waals surface area contributed by atoms with Gasteiger partial charge in [0, 0.05) is 22.9 Å². The topological polar surface area (TPSA) is 38.9 Å². The van der Waals surface area contributed by atoms with Gasteiger partial charge in [0.05, 0.1) is 0 Å². The molecule has 0 saturated heterocycles. The molecule has 2 nitrogen and oxygen atoms in total.